The van der Waals surface area contributed by atoms with Gasteiger partial charge in [-0.15, -0.1) is 0 Å². The third kappa shape index (κ3) is 9.44. The van der Waals surface area contributed by atoms with Gasteiger partial charge in [0.2, 0.25) is 5.91 Å². The van der Waals surface area contributed by atoms with Crippen molar-refractivity contribution in [3.8, 4) is 0 Å². The summed E-state index contributed by atoms with van der Waals surface area (Å²) in [6, 6.07) is -0.930. The summed E-state index contributed by atoms with van der Waals surface area (Å²) in [4.78, 5) is 57.2. The van der Waals surface area contributed by atoms with Crippen molar-refractivity contribution >= 4 is 47.2 Å². The summed E-state index contributed by atoms with van der Waals surface area (Å²) < 4.78 is 4.72. The second-order valence-corrected chi connectivity index (χ2v) is 6.24. The van der Waals surface area contributed by atoms with E-state index in [1.165, 1.54) is 6.92 Å². The van der Waals surface area contributed by atoms with Crippen LogP contribution >= 0.6 is 11.8 Å². The third-order valence-corrected chi connectivity index (χ3v) is 4.11. The number of hydrogen-bond donors (Lipinski definition) is 6. The van der Waals surface area contributed by atoms with Crippen LogP contribution in [0.3, 0.4) is 0 Å². The molecule has 0 saturated carbocycles. The molecule has 3 amide bonds. The molecule has 6 N–H and O–H groups in total. The molecule has 0 heterocycles. The molecule has 0 aliphatic carbocycles. The number of rotatable bonds is 11. The van der Waals surface area contributed by atoms with Gasteiger partial charge in [0.1, 0.15) is 18.0 Å². The van der Waals surface area contributed by atoms with Crippen LogP contribution in [0.5, 0.6) is 0 Å². The van der Waals surface area contributed by atoms with E-state index in [4.69, 9.17) is 20.4 Å². The molecule has 0 aliphatic rings. The van der Waals surface area contributed by atoms with E-state index in [9.17, 15) is 24.0 Å². The Morgan fingerprint density at radius 1 is 1.22 bits per heavy atom. The van der Waals surface area contributed by atoms with E-state index in [1.54, 1.807) is 6.92 Å². The molecule has 2 atom stereocenters. The molecular formula is C14H22N4O8S. The third-order valence-electron chi connectivity index (χ3n) is 3.03. The largest absolute Gasteiger partial charge is 0.481 e. The van der Waals surface area contributed by atoms with Crippen LogP contribution in [0.15, 0.2) is 0 Å². The predicted molar refractivity (Wildman–Crippen MR) is 95.0 cm³/mol. The number of thioether (sulfide) groups is 1. The zero-order valence-corrected chi connectivity index (χ0v) is 15.6. The van der Waals surface area contributed by atoms with Crippen LogP contribution in [-0.4, -0.2) is 76.6 Å². The Bertz CT molecular complexity index is 600. The topological polar surface area (TPSA) is 195 Å². The van der Waals surface area contributed by atoms with Crippen LogP contribution in [-0.2, 0) is 19.1 Å². The first-order valence-electron chi connectivity index (χ1n) is 7.64. The minimum Gasteiger partial charge on any atom is -0.481 e. The lowest BCUT2D eigenvalue weighted by Gasteiger charge is -2.28. The number of amides is 3. The van der Waals surface area contributed by atoms with Crippen molar-refractivity contribution in [2.75, 3.05) is 25.4 Å². The Kier molecular flexibility index (Phi) is 10.5. The number of hydrogen-bond acceptors (Lipinski definition) is 8. The number of nitrogens with one attached hydrogen (secondary N) is 4. The lowest BCUT2D eigenvalue weighted by Crippen LogP contribution is -2.61. The second kappa shape index (κ2) is 11.7. The van der Waals surface area contributed by atoms with Crippen LogP contribution in [0.2, 0.25) is 0 Å². The van der Waals surface area contributed by atoms with Gasteiger partial charge in [0.15, 0.2) is 0 Å². The van der Waals surface area contributed by atoms with E-state index in [-0.39, 0.29) is 12.4 Å². The van der Waals surface area contributed by atoms with Gasteiger partial charge in [-0.25, -0.2) is 9.59 Å². The van der Waals surface area contributed by atoms with Crippen molar-refractivity contribution in [3.05, 3.63) is 0 Å². The van der Waals surface area contributed by atoms with Crippen molar-refractivity contribution < 1.29 is 38.9 Å². The van der Waals surface area contributed by atoms with Gasteiger partial charge in [-0.2, -0.15) is 0 Å². The second-order valence-electron chi connectivity index (χ2n) is 5.33. The summed E-state index contributed by atoms with van der Waals surface area (Å²) in [6.45, 7) is 1.87. The number of carbonyl (C=O) groups excluding carboxylic acids is 3. The number of ether oxygens (including phenoxy) is 1. The maximum Gasteiger partial charge on any atom is 0.367 e. The van der Waals surface area contributed by atoms with Gasteiger partial charge in [-0.1, -0.05) is 0 Å². The van der Waals surface area contributed by atoms with Gasteiger partial charge >= 0.3 is 23.3 Å². The van der Waals surface area contributed by atoms with Crippen LogP contribution in [0.4, 0.5) is 9.59 Å². The molecule has 0 rings (SSSR count). The van der Waals surface area contributed by atoms with E-state index < -0.39 is 53.7 Å². The standard InChI is InChI=1S/C14H22N4O8S/c1-3-26-13(25)27-7-14(2,11(23)16-6-9(19)20)18-12(24)17-5-8(4-15)10(21)22/h4,8,15H,3,5-7H2,1-2H3,(H,16,23)(H,19,20)(H,21,22)(H2,17,18,24)/t8-,14?/m0/s1. The lowest BCUT2D eigenvalue weighted by atomic mass is 10.0. The summed E-state index contributed by atoms with van der Waals surface area (Å²) in [5.41, 5.74) is -1.69. The van der Waals surface area contributed by atoms with E-state index in [0.29, 0.717) is 18.0 Å². The molecule has 0 saturated heterocycles. The minimum absolute atomic E-state index is 0.113. The van der Waals surface area contributed by atoms with Gasteiger partial charge < -0.3 is 36.3 Å². The first kappa shape index (κ1) is 24.2. The summed E-state index contributed by atoms with van der Waals surface area (Å²) >= 11 is 0.604. The molecule has 0 radical (unpaired) electrons. The Labute approximate surface area is 158 Å². The molecular weight excluding hydrogens is 384 g/mol. The number of aliphatic carboxylic acids is 2. The quantitative estimate of drug-likeness (QED) is 0.193. The number of urea groups is 1. The van der Waals surface area contributed by atoms with Gasteiger partial charge in [0, 0.05) is 18.5 Å². The fraction of sp³-hybridized carbons (Fsp3) is 0.571. The van der Waals surface area contributed by atoms with Crippen molar-refractivity contribution in [1.29, 1.82) is 5.41 Å². The highest BCUT2D eigenvalue weighted by Crippen LogP contribution is 2.16. The monoisotopic (exact) mass is 406 g/mol. The van der Waals surface area contributed by atoms with E-state index in [1.807, 2.05) is 0 Å². The minimum atomic E-state index is -1.69. The van der Waals surface area contributed by atoms with Gasteiger partial charge in [-0.05, 0) is 25.6 Å². The average molecular weight is 406 g/mol. The zero-order chi connectivity index (χ0) is 21.0. The normalized spacial score (nSPS) is 13.4. The molecule has 0 aromatic carbocycles. The number of carboxylic acids is 2. The van der Waals surface area contributed by atoms with Crippen molar-refractivity contribution in [2.24, 2.45) is 5.92 Å². The average Bonchev–Trinajstić information content (AvgIpc) is 2.58. The summed E-state index contributed by atoms with van der Waals surface area (Å²) in [5.74, 6) is -5.00. The molecule has 0 aromatic heterocycles. The maximum atomic E-state index is 12.3. The SMILES string of the molecule is CCOC(=O)SCC(C)(NC(=O)NC[C@H](C=N)C(=O)O)C(=O)NCC(=O)O. The predicted octanol–water partition coefficient (Wildman–Crippen LogP) is -0.515. The molecule has 0 spiro atoms. The van der Waals surface area contributed by atoms with Gasteiger partial charge in [-0.3, -0.25) is 14.4 Å². The van der Waals surface area contributed by atoms with E-state index in [2.05, 4.69) is 16.0 Å². The van der Waals surface area contributed by atoms with Crippen LogP contribution < -0.4 is 16.0 Å². The van der Waals surface area contributed by atoms with Gasteiger partial charge in [0.05, 0.1) is 6.61 Å². The number of carbonyl (C=O) groups is 5. The molecule has 0 aliphatic heterocycles. The molecule has 1 unspecified atom stereocenters. The van der Waals surface area contributed by atoms with Crippen LogP contribution in [0.1, 0.15) is 13.8 Å². The Hall–Kier alpha value is -2.83. The van der Waals surface area contributed by atoms with Crippen molar-refractivity contribution in [1.82, 2.24) is 16.0 Å². The van der Waals surface area contributed by atoms with E-state index >= 15 is 0 Å². The van der Waals surface area contributed by atoms with Gasteiger partial charge in [0.25, 0.3) is 0 Å². The van der Waals surface area contributed by atoms with Crippen molar-refractivity contribution in [2.45, 2.75) is 19.4 Å². The summed E-state index contributed by atoms with van der Waals surface area (Å²) in [7, 11) is 0. The molecule has 0 bridgehead atoms. The first-order valence-corrected chi connectivity index (χ1v) is 8.63. The Morgan fingerprint density at radius 3 is 2.33 bits per heavy atom. The fourth-order valence-corrected chi connectivity index (χ4v) is 2.40. The highest BCUT2D eigenvalue weighted by Gasteiger charge is 2.36. The van der Waals surface area contributed by atoms with Crippen LogP contribution in [0.25, 0.3) is 0 Å². The molecule has 0 aromatic rings. The molecule has 0 fully saturated rings. The first-order chi connectivity index (χ1) is 12.6. The highest BCUT2D eigenvalue weighted by molar-refractivity contribution is 8.13. The molecule has 12 nitrogen and oxygen atoms in total. The van der Waals surface area contributed by atoms with Crippen LogP contribution in [0, 0.1) is 11.3 Å². The molecule has 152 valence electrons. The summed E-state index contributed by atoms with van der Waals surface area (Å²) in [6.07, 6.45) is 0.637. The fourth-order valence-electron chi connectivity index (χ4n) is 1.59. The summed E-state index contributed by atoms with van der Waals surface area (Å²) in [5, 5.41) is 30.4. The molecule has 13 heteroatoms. The molecule has 27 heavy (non-hydrogen) atoms. The maximum absolute atomic E-state index is 12.3. The Balaban J connectivity index is 5.04. The van der Waals surface area contributed by atoms with E-state index in [0.717, 1.165) is 0 Å². The lowest BCUT2D eigenvalue weighted by molar-refractivity contribution is -0.139. The zero-order valence-electron chi connectivity index (χ0n) is 14.7. The van der Waals surface area contributed by atoms with Crippen molar-refractivity contribution in [3.63, 3.8) is 0 Å². The highest BCUT2D eigenvalue weighted by atomic mass is 32.2. The Morgan fingerprint density at radius 2 is 1.85 bits per heavy atom. The smallest absolute Gasteiger partial charge is 0.367 e. The number of carboxylic acid groups (broad SMARTS) is 2.